The Kier molecular flexibility index (Phi) is 5.17. The summed E-state index contributed by atoms with van der Waals surface area (Å²) in [4.78, 5) is 24.0. The minimum atomic E-state index is -0.287. The van der Waals surface area contributed by atoms with Crippen LogP contribution in [0.2, 0.25) is 5.02 Å². The van der Waals surface area contributed by atoms with Crippen LogP contribution in [0.3, 0.4) is 0 Å². The maximum atomic E-state index is 12.1. The summed E-state index contributed by atoms with van der Waals surface area (Å²) in [5.74, 6) is -0.427. The van der Waals surface area contributed by atoms with Gasteiger partial charge >= 0.3 is 0 Å². The van der Waals surface area contributed by atoms with E-state index < -0.39 is 0 Å². The van der Waals surface area contributed by atoms with Gasteiger partial charge in [-0.25, -0.2) is 0 Å². The third-order valence-electron chi connectivity index (χ3n) is 2.94. The fraction of sp³-hybridized carbons (Fsp3) is 0.176. The highest BCUT2D eigenvalue weighted by Crippen LogP contribution is 2.17. The van der Waals surface area contributed by atoms with Crippen molar-refractivity contribution in [1.82, 2.24) is 5.32 Å². The molecule has 2 aromatic carbocycles. The summed E-state index contributed by atoms with van der Waals surface area (Å²) in [6.45, 7) is 3.80. The summed E-state index contributed by atoms with van der Waals surface area (Å²) < 4.78 is 0. The van der Waals surface area contributed by atoms with E-state index in [9.17, 15) is 9.59 Å². The van der Waals surface area contributed by atoms with Crippen molar-refractivity contribution in [3.8, 4) is 0 Å². The Hall–Kier alpha value is -2.33. The lowest BCUT2D eigenvalue weighted by atomic mass is 10.1. The SMILES string of the molecule is CC(C)NC(=O)c1ccc(NC(=O)c2ccccc2Cl)cc1. The molecule has 0 fully saturated rings. The fourth-order valence-electron chi connectivity index (χ4n) is 1.89. The Bertz CT molecular complexity index is 681. The van der Waals surface area contributed by atoms with Crippen molar-refractivity contribution in [1.29, 1.82) is 0 Å². The molecule has 22 heavy (non-hydrogen) atoms. The molecule has 0 unspecified atom stereocenters. The van der Waals surface area contributed by atoms with Gasteiger partial charge in [-0.1, -0.05) is 23.7 Å². The number of amides is 2. The number of hydrogen-bond acceptors (Lipinski definition) is 2. The highest BCUT2D eigenvalue weighted by Gasteiger charge is 2.11. The second-order valence-corrected chi connectivity index (χ2v) is 5.55. The molecule has 0 bridgehead atoms. The maximum Gasteiger partial charge on any atom is 0.257 e. The third-order valence-corrected chi connectivity index (χ3v) is 3.27. The minimum Gasteiger partial charge on any atom is -0.350 e. The average Bonchev–Trinajstić information content (AvgIpc) is 2.47. The van der Waals surface area contributed by atoms with E-state index in [-0.39, 0.29) is 17.9 Å². The Labute approximate surface area is 134 Å². The molecule has 0 saturated heterocycles. The molecule has 0 heterocycles. The number of carbonyl (C=O) groups excluding carboxylic acids is 2. The van der Waals surface area contributed by atoms with E-state index in [1.807, 2.05) is 13.8 Å². The molecular formula is C17H17ClN2O2. The standard InChI is InChI=1S/C17H17ClN2O2/c1-11(2)19-16(21)12-7-9-13(10-8-12)20-17(22)14-5-3-4-6-15(14)18/h3-11H,1-2H3,(H,19,21)(H,20,22). The van der Waals surface area contributed by atoms with Crippen LogP contribution in [0, 0.1) is 0 Å². The van der Waals surface area contributed by atoms with E-state index in [2.05, 4.69) is 10.6 Å². The summed E-state index contributed by atoms with van der Waals surface area (Å²) in [6, 6.07) is 13.6. The van der Waals surface area contributed by atoms with Crippen LogP contribution < -0.4 is 10.6 Å². The fourth-order valence-corrected chi connectivity index (χ4v) is 2.12. The topological polar surface area (TPSA) is 58.2 Å². The molecule has 2 aromatic rings. The Balaban J connectivity index is 2.07. The Morgan fingerprint density at radius 3 is 2.18 bits per heavy atom. The van der Waals surface area contributed by atoms with Gasteiger partial charge in [0.05, 0.1) is 10.6 Å². The zero-order valence-corrected chi connectivity index (χ0v) is 13.1. The van der Waals surface area contributed by atoms with Crippen LogP contribution in [0.1, 0.15) is 34.6 Å². The molecule has 4 nitrogen and oxygen atoms in total. The monoisotopic (exact) mass is 316 g/mol. The lowest BCUT2D eigenvalue weighted by Gasteiger charge is -2.10. The smallest absolute Gasteiger partial charge is 0.257 e. The molecular weight excluding hydrogens is 300 g/mol. The lowest BCUT2D eigenvalue weighted by molar-refractivity contribution is 0.0942. The Morgan fingerprint density at radius 2 is 1.59 bits per heavy atom. The first-order valence-electron chi connectivity index (χ1n) is 6.94. The summed E-state index contributed by atoms with van der Waals surface area (Å²) in [6.07, 6.45) is 0. The summed E-state index contributed by atoms with van der Waals surface area (Å²) in [5, 5.41) is 5.96. The van der Waals surface area contributed by atoms with E-state index >= 15 is 0 Å². The van der Waals surface area contributed by atoms with Crippen molar-refractivity contribution in [2.75, 3.05) is 5.32 Å². The summed E-state index contributed by atoms with van der Waals surface area (Å²) in [7, 11) is 0. The van der Waals surface area contributed by atoms with E-state index in [1.165, 1.54) is 0 Å². The molecule has 5 heteroatoms. The number of carbonyl (C=O) groups is 2. The number of rotatable bonds is 4. The maximum absolute atomic E-state index is 12.1. The van der Waals surface area contributed by atoms with Crippen molar-refractivity contribution < 1.29 is 9.59 Å². The lowest BCUT2D eigenvalue weighted by Crippen LogP contribution is -2.30. The summed E-state index contributed by atoms with van der Waals surface area (Å²) in [5.41, 5.74) is 1.56. The van der Waals surface area contributed by atoms with Gasteiger partial charge in [-0.05, 0) is 50.2 Å². The van der Waals surface area contributed by atoms with E-state index in [0.29, 0.717) is 21.8 Å². The van der Waals surface area contributed by atoms with Crippen molar-refractivity contribution in [2.24, 2.45) is 0 Å². The molecule has 114 valence electrons. The average molecular weight is 317 g/mol. The first kappa shape index (κ1) is 16.0. The van der Waals surface area contributed by atoms with Crippen molar-refractivity contribution in [3.05, 3.63) is 64.7 Å². The van der Waals surface area contributed by atoms with Gasteiger partial charge in [0.15, 0.2) is 0 Å². The third kappa shape index (κ3) is 4.09. The zero-order valence-electron chi connectivity index (χ0n) is 12.4. The molecule has 0 aromatic heterocycles. The van der Waals surface area contributed by atoms with Crippen LogP contribution in [0.5, 0.6) is 0 Å². The molecule has 0 aliphatic heterocycles. The van der Waals surface area contributed by atoms with E-state index in [0.717, 1.165) is 0 Å². The van der Waals surface area contributed by atoms with Gasteiger partial charge in [-0.15, -0.1) is 0 Å². The number of nitrogens with one attached hydrogen (secondary N) is 2. The molecule has 0 radical (unpaired) electrons. The number of benzene rings is 2. The predicted molar refractivity (Wildman–Crippen MR) is 88.4 cm³/mol. The van der Waals surface area contributed by atoms with Crippen LogP contribution in [-0.4, -0.2) is 17.9 Å². The molecule has 0 saturated carbocycles. The molecule has 0 aliphatic carbocycles. The van der Waals surface area contributed by atoms with Gasteiger partial charge in [-0.2, -0.15) is 0 Å². The highest BCUT2D eigenvalue weighted by atomic mass is 35.5. The Morgan fingerprint density at radius 1 is 0.955 bits per heavy atom. The molecule has 2 rings (SSSR count). The number of halogens is 1. The van der Waals surface area contributed by atoms with Gasteiger partial charge in [-0.3, -0.25) is 9.59 Å². The van der Waals surface area contributed by atoms with Crippen LogP contribution in [0.25, 0.3) is 0 Å². The number of anilines is 1. The van der Waals surface area contributed by atoms with Crippen LogP contribution in [0.4, 0.5) is 5.69 Å². The molecule has 0 aliphatic rings. The predicted octanol–water partition coefficient (Wildman–Crippen LogP) is 3.73. The first-order valence-corrected chi connectivity index (χ1v) is 7.32. The van der Waals surface area contributed by atoms with Gasteiger partial charge in [0.1, 0.15) is 0 Å². The molecule has 2 N–H and O–H groups in total. The largest absolute Gasteiger partial charge is 0.350 e. The molecule has 2 amide bonds. The van der Waals surface area contributed by atoms with Gasteiger partial charge in [0, 0.05) is 17.3 Å². The molecule has 0 spiro atoms. The van der Waals surface area contributed by atoms with Crippen LogP contribution in [0.15, 0.2) is 48.5 Å². The first-order chi connectivity index (χ1) is 10.5. The van der Waals surface area contributed by atoms with Crippen LogP contribution >= 0.6 is 11.6 Å². The van der Waals surface area contributed by atoms with E-state index in [1.54, 1.807) is 48.5 Å². The quantitative estimate of drug-likeness (QED) is 0.903. The van der Waals surface area contributed by atoms with Gasteiger partial charge < -0.3 is 10.6 Å². The van der Waals surface area contributed by atoms with E-state index in [4.69, 9.17) is 11.6 Å². The molecule has 0 atom stereocenters. The second-order valence-electron chi connectivity index (χ2n) is 5.14. The van der Waals surface area contributed by atoms with Crippen molar-refractivity contribution in [3.63, 3.8) is 0 Å². The normalized spacial score (nSPS) is 10.4. The van der Waals surface area contributed by atoms with Crippen LogP contribution in [-0.2, 0) is 0 Å². The number of hydrogen-bond donors (Lipinski definition) is 2. The van der Waals surface area contributed by atoms with Gasteiger partial charge in [0.25, 0.3) is 11.8 Å². The highest BCUT2D eigenvalue weighted by molar-refractivity contribution is 6.34. The minimum absolute atomic E-state index is 0.0760. The van der Waals surface area contributed by atoms with Crippen molar-refractivity contribution >= 4 is 29.1 Å². The second kappa shape index (κ2) is 7.09. The van der Waals surface area contributed by atoms with Crippen molar-refractivity contribution in [2.45, 2.75) is 19.9 Å². The zero-order chi connectivity index (χ0) is 16.1. The summed E-state index contributed by atoms with van der Waals surface area (Å²) >= 11 is 5.99. The van der Waals surface area contributed by atoms with Gasteiger partial charge in [0.2, 0.25) is 0 Å².